The topological polar surface area (TPSA) is 69.9 Å². The van der Waals surface area contributed by atoms with E-state index in [1.807, 2.05) is 66.7 Å². The van der Waals surface area contributed by atoms with Crippen LogP contribution in [-0.2, 0) is 0 Å². The zero-order chi connectivity index (χ0) is 37.5. The van der Waals surface area contributed by atoms with Gasteiger partial charge in [-0.2, -0.15) is 0 Å². The molecule has 0 aliphatic carbocycles. The Hall–Kier alpha value is -7.83. The number of furan rings is 2. The second-order valence-corrected chi connectivity index (χ2v) is 14.4. The molecule has 4 heterocycles. The Labute approximate surface area is 325 Å². The molecule has 6 nitrogen and oxygen atoms in total. The third-order valence-corrected chi connectivity index (χ3v) is 11.1. The number of aromatic nitrogens is 4. The lowest BCUT2D eigenvalue weighted by Crippen LogP contribution is -2.00. The van der Waals surface area contributed by atoms with Crippen LogP contribution in [0.1, 0.15) is 0 Å². The number of hydrogen-bond donors (Lipinski definition) is 0. The van der Waals surface area contributed by atoms with Crippen molar-refractivity contribution in [3.63, 3.8) is 0 Å². The molecule has 6 heteroatoms. The van der Waals surface area contributed by atoms with E-state index < -0.39 is 0 Å². The molecule has 0 radical (unpaired) electrons. The third-order valence-electron chi connectivity index (χ3n) is 11.1. The molecule has 0 N–H and O–H groups in total. The Morgan fingerprint density at radius 2 is 0.930 bits per heavy atom. The molecule has 0 aliphatic heterocycles. The third kappa shape index (κ3) is 5.01. The van der Waals surface area contributed by atoms with Gasteiger partial charge in [-0.25, -0.2) is 15.0 Å². The highest BCUT2D eigenvalue weighted by atomic mass is 16.3. The molecule has 57 heavy (non-hydrogen) atoms. The van der Waals surface area contributed by atoms with Gasteiger partial charge in [0.1, 0.15) is 22.3 Å². The maximum Gasteiger partial charge on any atom is 0.164 e. The van der Waals surface area contributed by atoms with Gasteiger partial charge in [0.15, 0.2) is 17.5 Å². The van der Waals surface area contributed by atoms with Crippen LogP contribution in [0.2, 0.25) is 0 Å². The highest BCUT2D eigenvalue weighted by Gasteiger charge is 2.19. The fourth-order valence-electron chi connectivity index (χ4n) is 8.42. The van der Waals surface area contributed by atoms with Crippen LogP contribution in [0.4, 0.5) is 0 Å². The van der Waals surface area contributed by atoms with E-state index in [9.17, 15) is 0 Å². The highest BCUT2D eigenvalue weighted by molar-refractivity contribution is 6.15. The molecule has 0 bridgehead atoms. The van der Waals surface area contributed by atoms with Crippen LogP contribution in [-0.4, -0.2) is 19.5 Å². The summed E-state index contributed by atoms with van der Waals surface area (Å²) in [4.78, 5) is 15.1. The normalized spacial score (nSPS) is 11.9. The van der Waals surface area contributed by atoms with Gasteiger partial charge in [0.25, 0.3) is 0 Å². The summed E-state index contributed by atoms with van der Waals surface area (Å²) >= 11 is 0. The Kier molecular flexibility index (Phi) is 6.83. The molecule has 12 rings (SSSR count). The molecule has 0 aliphatic rings. The van der Waals surface area contributed by atoms with Gasteiger partial charge in [0.2, 0.25) is 0 Å². The summed E-state index contributed by atoms with van der Waals surface area (Å²) in [5.74, 6) is 1.75. The van der Waals surface area contributed by atoms with Crippen molar-refractivity contribution < 1.29 is 8.83 Å². The zero-order valence-electron chi connectivity index (χ0n) is 30.4. The maximum atomic E-state index is 6.62. The summed E-state index contributed by atoms with van der Waals surface area (Å²) in [6.45, 7) is 0. The summed E-state index contributed by atoms with van der Waals surface area (Å²) in [7, 11) is 0. The molecule has 0 amide bonds. The van der Waals surface area contributed by atoms with Crippen LogP contribution < -0.4 is 0 Å². The lowest BCUT2D eigenvalue weighted by molar-refractivity contribution is 0.668. The van der Waals surface area contributed by atoms with E-state index in [1.54, 1.807) is 0 Å². The second-order valence-electron chi connectivity index (χ2n) is 14.4. The van der Waals surface area contributed by atoms with Crippen LogP contribution >= 0.6 is 0 Å². The number of hydrogen-bond acceptors (Lipinski definition) is 5. The van der Waals surface area contributed by atoms with Crippen molar-refractivity contribution in [2.75, 3.05) is 0 Å². The van der Waals surface area contributed by atoms with Crippen molar-refractivity contribution in [3.05, 3.63) is 182 Å². The van der Waals surface area contributed by atoms with E-state index in [0.717, 1.165) is 77.4 Å². The van der Waals surface area contributed by atoms with E-state index in [-0.39, 0.29) is 0 Å². The SMILES string of the molecule is c1ccc(-c2nc(-c3ccc4c(c3)oc3cccc(-c5ccc6c(c5)c5ccccc5n6-c5ccccc5)c34)nc(-c3ccc4oc5ccccc5c4c3)n2)cc1. The van der Waals surface area contributed by atoms with Crippen molar-refractivity contribution in [3.8, 4) is 51.0 Å². The van der Waals surface area contributed by atoms with E-state index >= 15 is 0 Å². The quantitative estimate of drug-likeness (QED) is 0.176. The van der Waals surface area contributed by atoms with E-state index in [0.29, 0.717) is 17.5 Å². The maximum absolute atomic E-state index is 6.62. The average molecular weight is 731 g/mol. The van der Waals surface area contributed by atoms with Crippen molar-refractivity contribution >= 4 is 65.7 Å². The predicted octanol–water partition coefficient (Wildman–Crippen LogP) is 13.4. The van der Waals surface area contributed by atoms with E-state index in [1.165, 1.54) is 21.8 Å². The first-order chi connectivity index (χ1) is 28.2. The summed E-state index contributed by atoms with van der Waals surface area (Å²) in [5, 5.41) is 6.61. The summed E-state index contributed by atoms with van der Waals surface area (Å²) in [6.07, 6.45) is 0. The molecular formula is C51H30N4O2. The van der Waals surface area contributed by atoms with Crippen LogP contribution in [0, 0.1) is 0 Å². The highest BCUT2D eigenvalue weighted by Crippen LogP contribution is 2.41. The average Bonchev–Trinajstić information content (AvgIpc) is 3.95. The lowest BCUT2D eigenvalue weighted by atomic mass is 9.97. The minimum absolute atomic E-state index is 0.568. The predicted molar refractivity (Wildman–Crippen MR) is 230 cm³/mol. The fraction of sp³-hybridized carbons (Fsp3) is 0. The second kappa shape index (κ2) is 12.3. The van der Waals surface area contributed by atoms with Gasteiger partial charge >= 0.3 is 0 Å². The lowest BCUT2D eigenvalue weighted by Gasteiger charge is -2.09. The van der Waals surface area contributed by atoms with Crippen molar-refractivity contribution in [2.45, 2.75) is 0 Å². The van der Waals surface area contributed by atoms with E-state index in [4.69, 9.17) is 23.8 Å². The van der Waals surface area contributed by atoms with Gasteiger partial charge in [0.05, 0.1) is 11.0 Å². The standard InChI is InChI=1S/C51H30N4O2/c1-3-12-31(13-4-1)49-52-50(33-24-27-45-41(29-33)38-17-8-10-20-44(38)56-45)54-51(53-49)34-22-25-39-47(30-34)57-46-21-11-18-36(48(39)46)32-23-26-43-40(28-32)37-16-7-9-19-42(37)55(43)35-14-5-2-6-15-35/h1-30H. The van der Waals surface area contributed by atoms with Crippen LogP contribution in [0.5, 0.6) is 0 Å². The molecule has 12 aromatic rings. The Bertz CT molecular complexity index is 3530. The fourth-order valence-corrected chi connectivity index (χ4v) is 8.42. The van der Waals surface area contributed by atoms with Gasteiger partial charge in [-0.05, 0) is 83.9 Å². The molecule has 0 fully saturated rings. The molecule has 266 valence electrons. The van der Waals surface area contributed by atoms with Crippen molar-refractivity contribution in [2.24, 2.45) is 0 Å². The van der Waals surface area contributed by atoms with E-state index in [2.05, 4.69) is 120 Å². The first kappa shape index (κ1) is 31.5. The molecule has 0 saturated carbocycles. The van der Waals surface area contributed by atoms with Crippen LogP contribution in [0.15, 0.2) is 191 Å². The smallest absolute Gasteiger partial charge is 0.164 e. The van der Waals surface area contributed by atoms with Crippen molar-refractivity contribution in [1.82, 2.24) is 19.5 Å². The number of nitrogens with zero attached hydrogens (tertiary/aromatic N) is 4. The molecular weight excluding hydrogens is 701 g/mol. The van der Waals surface area contributed by atoms with Gasteiger partial charge in [0, 0.05) is 54.7 Å². The molecule has 0 spiro atoms. The number of fused-ring (bicyclic) bond motifs is 9. The van der Waals surface area contributed by atoms with Gasteiger partial charge in [-0.1, -0.05) is 109 Å². The number of rotatable bonds is 5. The number of benzene rings is 8. The van der Waals surface area contributed by atoms with Crippen LogP contribution in [0.25, 0.3) is 117 Å². The minimum Gasteiger partial charge on any atom is -0.456 e. The summed E-state index contributed by atoms with van der Waals surface area (Å²) < 4.78 is 15.1. The molecule has 0 unspecified atom stereocenters. The molecule has 8 aromatic carbocycles. The number of para-hydroxylation sites is 3. The van der Waals surface area contributed by atoms with Crippen LogP contribution in [0.3, 0.4) is 0 Å². The van der Waals surface area contributed by atoms with Gasteiger partial charge < -0.3 is 13.4 Å². The van der Waals surface area contributed by atoms with Gasteiger partial charge in [-0.3, -0.25) is 0 Å². The Balaban J connectivity index is 1.00. The van der Waals surface area contributed by atoms with Crippen molar-refractivity contribution in [1.29, 1.82) is 0 Å². The zero-order valence-corrected chi connectivity index (χ0v) is 30.4. The summed E-state index contributed by atoms with van der Waals surface area (Å²) in [6, 6.07) is 62.8. The molecule has 4 aromatic heterocycles. The summed E-state index contributed by atoms with van der Waals surface area (Å²) in [5.41, 5.74) is 11.7. The first-order valence-corrected chi connectivity index (χ1v) is 19.0. The largest absolute Gasteiger partial charge is 0.456 e. The molecule has 0 atom stereocenters. The van der Waals surface area contributed by atoms with Gasteiger partial charge in [-0.15, -0.1) is 0 Å². The Morgan fingerprint density at radius 1 is 0.333 bits per heavy atom. The first-order valence-electron chi connectivity index (χ1n) is 19.0. The minimum atomic E-state index is 0.568. The Morgan fingerprint density at radius 3 is 1.77 bits per heavy atom. The monoisotopic (exact) mass is 730 g/mol. The molecule has 0 saturated heterocycles.